The van der Waals surface area contributed by atoms with Crippen LogP contribution >= 0.6 is 11.8 Å². The van der Waals surface area contributed by atoms with Gasteiger partial charge in [0.05, 0.1) is 11.0 Å². The van der Waals surface area contributed by atoms with Crippen LogP contribution in [0.3, 0.4) is 0 Å². The summed E-state index contributed by atoms with van der Waals surface area (Å²) >= 11 is 1.88. The molecule has 0 spiro atoms. The van der Waals surface area contributed by atoms with Crippen LogP contribution in [0.4, 0.5) is 17.1 Å². The molecule has 2 nitrogen and oxygen atoms in total. The number of nitrogens with zero attached hydrogens (tertiary/aromatic N) is 2. The number of anilines is 3. The predicted octanol–water partition coefficient (Wildman–Crippen LogP) is 12.2. The fraction of sp³-hybridized carbons (Fsp3) is 0.0476. The summed E-state index contributed by atoms with van der Waals surface area (Å²) in [6.07, 6.45) is 0. The first-order valence-electron chi connectivity index (χ1n) is 15.4. The maximum absolute atomic E-state index is 2.44. The van der Waals surface area contributed by atoms with Crippen molar-refractivity contribution in [1.29, 1.82) is 0 Å². The minimum Gasteiger partial charge on any atom is -0.310 e. The molecule has 8 rings (SSSR count). The van der Waals surface area contributed by atoms with Gasteiger partial charge in [-0.05, 0) is 102 Å². The summed E-state index contributed by atoms with van der Waals surface area (Å²) in [5.74, 6) is 0. The van der Waals surface area contributed by atoms with Crippen molar-refractivity contribution in [2.75, 3.05) is 4.90 Å². The Hall–Kier alpha value is -5.25. The molecule has 216 valence electrons. The van der Waals surface area contributed by atoms with Crippen molar-refractivity contribution in [3.05, 3.63) is 169 Å². The van der Waals surface area contributed by atoms with E-state index in [4.69, 9.17) is 0 Å². The standard InChI is InChI=1S/C42H32N2S/c1-29-13-9-12-20-40(29)45-42-30(2)21-25-39-41(42)37-28-36(43(33-16-5-3-6-17-33)34-18-7-4-8-19-34)24-26-38(37)44(39)35-23-22-31-14-10-11-15-32(31)27-35/h3-28H,1-2H3. The van der Waals surface area contributed by atoms with Crippen LogP contribution in [0.25, 0.3) is 38.3 Å². The molecule has 0 aliphatic carbocycles. The number of benzene rings is 7. The smallest absolute Gasteiger partial charge is 0.0552 e. The third kappa shape index (κ3) is 4.86. The minimum absolute atomic E-state index is 1.13. The van der Waals surface area contributed by atoms with Crippen molar-refractivity contribution in [2.24, 2.45) is 0 Å². The Bertz CT molecular complexity index is 2280. The van der Waals surface area contributed by atoms with Crippen molar-refractivity contribution >= 4 is 61.4 Å². The zero-order valence-corrected chi connectivity index (χ0v) is 26.1. The van der Waals surface area contributed by atoms with Crippen LogP contribution < -0.4 is 4.90 Å². The second-order valence-electron chi connectivity index (χ2n) is 11.5. The zero-order valence-electron chi connectivity index (χ0n) is 25.3. The van der Waals surface area contributed by atoms with E-state index in [0.29, 0.717) is 0 Å². The van der Waals surface area contributed by atoms with E-state index in [9.17, 15) is 0 Å². The van der Waals surface area contributed by atoms with Gasteiger partial charge in [0.15, 0.2) is 0 Å². The van der Waals surface area contributed by atoms with Gasteiger partial charge in [-0.1, -0.05) is 103 Å². The van der Waals surface area contributed by atoms with Gasteiger partial charge < -0.3 is 9.47 Å². The van der Waals surface area contributed by atoms with Crippen molar-refractivity contribution < 1.29 is 0 Å². The van der Waals surface area contributed by atoms with Gasteiger partial charge in [0, 0.05) is 43.3 Å². The van der Waals surface area contributed by atoms with E-state index in [1.54, 1.807) is 0 Å². The van der Waals surface area contributed by atoms with Gasteiger partial charge in [0.25, 0.3) is 0 Å². The molecule has 0 amide bonds. The average molecular weight is 597 g/mol. The van der Waals surface area contributed by atoms with E-state index in [1.165, 1.54) is 59.2 Å². The van der Waals surface area contributed by atoms with E-state index >= 15 is 0 Å². The van der Waals surface area contributed by atoms with E-state index in [2.05, 4.69) is 181 Å². The molecule has 0 N–H and O–H groups in total. The number of aryl methyl sites for hydroxylation is 2. The summed E-state index contributed by atoms with van der Waals surface area (Å²) in [6, 6.07) is 56.9. The summed E-state index contributed by atoms with van der Waals surface area (Å²) < 4.78 is 2.44. The molecular weight excluding hydrogens is 565 g/mol. The highest BCUT2D eigenvalue weighted by atomic mass is 32.2. The largest absolute Gasteiger partial charge is 0.310 e. The maximum atomic E-state index is 2.44. The second kappa shape index (κ2) is 11.4. The summed E-state index contributed by atoms with van der Waals surface area (Å²) in [5, 5.41) is 5.02. The Morgan fingerprint density at radius 2 is 1.13 bits per heavy atom. The Kier molecular flexibility index (Phi) is 6.89. The number of aromatic nitrogens is 1. The number of hydrogen-bond acceptors (Lipinski definition) is 2. The topological polar surface area (TPSA) is 8.17 Å². The Morgan fingerprint density at radius 1 is 0.489 bits per heavy atom. The molecule has 0 unspecified atom stereocenters. The maximum Gasteiger partial charge on any atom is 0.0552 e. The molecular formula is C42H32N2S. The van der Waals surface area contributed by atoms with Gasteiger partial charge in [0.2, 0.25) is 0 Å². The lowest BCUT2D eigenvalue weighted by Gasteiger charge is -2.25. The lowest BCUT2D eigenvalue weighted by Crippen LogP contribution is -2.09. The predicted molar refractivity (Wildman–Crippen MR) is 193 cm³/mol. The highest BCUT2D eigenvalue weighted by Gasteiger charge is 2.21. The van der Waals surface area contributed by atoms with Crippen LogP contribution in [0.15, 0.2) is 168 Å². The van der Waals surface area contributed by atoms with Gasteiger partial charge in [-0.2, -0.15) is 0 Å². The molecule has 0 aliphatic heterocycles. The summed E-state index contributed by atoms with van der Waals surface area (Å²) in [6.45, 7) is 4.44. The van der Waals surface area contributed by atoms with Gasteiger partial charge in [-0.15, -0.1) is 0 Å². The van der Waals surface area contributed by atoms with Gasteiger partial charge >= 0.3 is 0 Å². The quantitative estimate of drug-likeness (QED) is 0.189. The van der Waals surface area contributed by atoms with Crippen molar-refractivity contribution in [3.63, 3.8) is 0 Å². The Labute approximate surface area is 268 Å². The highest BCUT2D eigenvalue weighted by molar-refractivity contribution is 7.99. The lowest BCUT2D eigenvalue weighted by molar-refractivity contribution is 1.18. The van der Waals surface area contributed by atoms with Crippen molar-refractivity contribution in [3.8, 4) is 5.69 Å². The molecule has 7 aromatic carbocycles. The van der Waals surface area contributed by atoms with Crippen LogP contribution in [-0.2, 0) is 0 Å². The Balaban J connectivity index is 1.43. The fourth-order valence-electron chi connectivity index (χ4n) is 6.42. The fourth-order valence-corrected chi connectivity index (χ4v) is 7.56. The molecule has 3 heteroatoms. The SMILES string of the molecule is Cc1ccccc1Sc1c(C)ccc2c1c1cc(N(c3ccccc3)c3ccccc3)ccc1n2-c1ccc2ccccc2c1. The Morgan fingerprint density at radius 3 is 1.87 bits per heavy atom. The van der Waals surface area contributed by atoms with Gasteiger partial charge in [0.1, 0.15) is 0 Å². The molecule has 45 heavy (non-hydrogen) atoms. The van der Waals surface area contributed by atoms with E-state index in [1.807, 2.05) is 11.8 Å². The van der Waals surface area contributed by atoms with Crippen LogP contribution in [0.1, 0.15) is 11.1 Å². The second-order valence-corrected chi connectivity index (χ2v) is 12.6. The van der Waals surface area contributed by atoms with Gasteiger partial charge in [-0.3, -0.25) is 0 Å². The molecule has 1 heterocycles. The van der Waals surface area contributed by atoms with Crippen molar-refractivity contribution in [1.82, 2.24) is 4.57 Å². The van der Waals surface area contributed by atoms with Crippen LogP contribution in [0.5, 0.6) is 0 Å². The first-order chi connectivity index (χ1) is 22.2. The van der Waals surface area contributed by atoms with Crippen LogP contribution in [-0.4, -0.2) is 4.57 Å². The van der Waals surface area contributed by atoms with E-state index in [0.717, 1.165) is 17.1 Å². The molecule has 0 atom stereocenters. The lowest BCUT2D eigenvalue weighted by atomic mass is 10.1. The highest BCUT2D eigenvalue weighted by Crippen LogP contribution is 2.45. The van der Waals surface area contributed by atoms with Gasteiger partial charge in [-0.25, -0.2) is 0 Å². The number of fused-ring (bicyclic) bond motifs is 4. The van der Waals surface area contributed by atoms with Crippen molar-refractivity contribution in [2.45, 2.75) is 23.6 Å². The third-order valence-corrected chi connectivity index (χ3v) is 10.1. The average Bonchev–Trinajstić information content (AvgIpc) is 3.41. The molecule has 0 fully saturated rings. The number of hydrogen-bond donors (Lipinski definition) is 0. The minimum atomic E-state index is 1.13. The normalized spacial score (nSPS) is 11.4. The summed E-state index contributed by atoms with van der Waals surface area (Å²) in [5.41, 5.74) is 9.54. The van der Waals surface area contributed by atoms with Crippen LogP contribution in [0, 0.1) is 13.8 Å². The van der Waals surface area contributed by atoms with Crippen LogP contribution in [0.2, 0.25) is 0 Å². The molecule has 0 bridgehead atoms. The number of para-hydroxylation sites is 2. The first kappa shape index (κ1) is 27.3. The molecule has 1 aromatic heterocycles. The molecule has 8 aromatic rings. The summed E-state index contributed by atoms with van der Waals surface area (Å²) in [4.78, 5) is 4.93. The first-order valence-corrected chi connectivity index (χ1v) is 16.2. The monoisotopic (exact) mass is 596 g/mol. The zero-order chi connectivity index (χ0) is 30.3. The summed E-state index contributed by atoms with van der Waals surface area (Å²) in [7, 11) is 0. The third-order valence-electron chi connectivity index (χ3n) is 8.65. The van der Waals surface area contributed by atoms with E-state index in [-0.39, 0.29) is 0 Å². The van der Waals surface area contributed by atoms with E-state index < -0.39 is 0 Å². The molecule has 0 aliphatic rings. The molecule has 0 saturated heterocycles. The number of rotatable bonds is 6. The molecule has 0 saturated carbocycles. The molecule has 0 radical (unpaired) electrons.